The van der Waals surface area contributed by atoms with Gasteiger partial charge in [-0.2, -0.15) is 0 Å². The molecule has 0 aromatic heterocycles. The van der Waals surface area contributed by atoms with E-state index < -0.39 is 17.9 Å². The van der Waals surface area contributed by atoms with Gasteiger partial charge in [-0.3, -0.25) is 14.9 Å². The maximum atomic E-state index is 10.6. The number of primary amides is 1. The second kappa shape index (κ2) is 4.89. The molecule has 0 rings (SSSR count). The molecule has 3 N–H and O–H groups in total. The van der Waals surface area contributed by atoms with Crippen molar-refractivity contribution in [3.05, 3.63) is 12.2 Å². The Hall–Kier alpha value is -1.85. The summed E-state index contributed by atoms with van der Waals surface area (Å²) >= 11 is 0. The smallest absolute Gasteiger partial charge is 0.413 e. The third kappa shape index (κ3) is 4.98. The van der Waals surface area contributed by atoms with Gasteiger partial charge in [0.25, 0.3) is 5.91 Å². The van der Waals surface area contributed by atoms with E-state index in [9.17, 15) is 14.4 Å². The van der Waals surface area contributed by atoms with E-state index >= 15 is 0 Å². The number of methoxy groups -OCH3 is 1. The largest absolute Gasteiger partial charge is 0.453 e. The lowest BCUT2D eigenvalue weighted by Gasteiger charge is -1.96. The third-order valence-electron chi connectivity index (χ3n) is 0.810. The summed E-state index contributed by atoms with van der Waals surface area (Å²) in [6.45, 7) is 0. The van der Waals surface area contributed by atoms with Crippen LogP contribution < -0.4 is 11.1 Å². The summed E-state index contributed by atoms with van der Waals surface area (Å²) in [5.41, 5.74) is 4.68. The fourth-order valence-corrected chi connectivity index (χ4v) is 0.351. The third-order valence-corrected chi connectivity index (χ3v) is 0.810. The highest BCUT2D eigenvalue weighted by Gasteiger charge is 2.02. The van der Waals surface area contributed by atoms with E-state index in [4.69, 9.17) is 0 Å². The number of hydrogen-bond donors (Lipinski definition) is 2. The standard InChI is InChI=1S/C6H8N2O4/c1-12-6(11)8-5(10)3-2-4(7)9/h2-3H,1H3,(H2,7,9)(H,8,10,11)/b3-2-. The average molecular weight is 172 g/mol. The van der Waals surface area contributed by atoms with Crippen LogP contribution in [-0.4, -0.2) is 25.0 Å². The van der Waals surface area contributed by atoms with E-state index in [-0.39, 0.29) is 0 Å². The zero-order chi connectivity index (χ0) is 9.56. The molecule has 0 fully saturated rings. The molecule has 0 aliphatic rings. The van der Waals surface area contributed by atoms with Gasteiger partial charge in [0.2, 0.25) is 5.91 Å². The summed E-state index contributed by atoms with van der Waals surface area (Å²) in [5.74, 6) is -1.53. The number of rotatable bonds is 2. The van der Waals surface area contributed by atoms with Gasteiger partial charge in [0.1, 0.15) is 0 Å². The molecule has 0 bridgehead atoms. The lowest BCUT2D eigenvalue weighted by atomic mass is 10.4. The Morgan fingerprint density at radius 3 is 2.33 bits per heavy atom. The van der Waals surface area contributed by atoms with Gasteiger partial charge in [-0.15, -0.1) is 0 Å². The Kier molecular flexibility index (Phi) is 4.13. The first-order valence-corrected chi connectivity index (χ1v) is 2.92. The van der Waals surface area contributed by atoms with Gasteiger partial charge in [-0.05, 0) is 0 Å². The Balaban J connectivity index is 3.90. The number of nitrogens with one attached hydrogen (secondary N) is 1. The second-order valence-electron chi connectivity index (χ2n) is 1.72. The summed E-state index contributed by atoms with van der Waals surface area (Å²) in [4.78, 5) is 31.1. The van der Waals surface area contributed by atoms with Gasteiger partial charge in [0, 0.05) is 12.2 Å². The van der Waals surface area contributed by atoms with Crippen LogP contribution >= 0.6 is 0 Å². The molecule has 0 saturated heterocycles. The number of carbonyl (C=O) groups is 3. The maximum absolute atomic E-state index is 10.6. The Morgan fingerprint density at radius 1 is 1.33 bits per heavy atom. The number of ether oxygens (including phenoxy) is 1. The van der Waals surface area contributed by atoms with E-state index in [1.807, 2.05) is 0 Å². The first-order valence-electron chi connectivity index (χ1n) is 2.92. The predicted octanol–water partition coefficient (Wildman–Crippen LogP) is -1.09. The van der Waals surface area contributed by atoms with Crippen LogP contribution in [0.15, 0.2) is 12.2 Å². The number of hydrogen-bond acceptors (Lipinski definition) is 4. The summed E-state index contributed by atoms with van der Waals surface area (Å²) in [6.07, 6.45) is 0.770. The minimum absolute atomic E-state index is 0.763. The molecule has 3 amide bonds. The fourth-order valence-electron chi connectivity index (χ4n) is 0.351. The van der Waals surface area contributed by atoms with Crippen LogP contribution in [0.2, 0.25) is 0 Å². The molecule has 0 radical (unpaired) electrons. The molecular weight excluding hydrogens is 164 g/mol. The normalized spacial score (nSPS) is 9.42. The molecule has 0 aromatic rings. The average Bonchev–Trinajstić information content (AvgIpc) is 2.00. The molecular formula is C6H8N2O4. The van der Waals surface area contributed by atoms with E-state index in [0.29, 0.717) is 0 Å². The summed E-state index contributed by atoms with van der Waals surface area (Å²) in [6, 6.07) is 0. The van der Waals surface area contributed by atoms with Crippen LogP contribution in [0.1, 0.15) is 0 Å². The molecule has 66 valence electrons. The summed E-state index contributed by atoms with van der Waals surface area (Å²) < 4.78 is 4.11. The van der Waals surface area contributed by atoms with E-state index in [2.05, 4.69) is 10.5 Å². The fraction of sp³-hybridized carbons (Fsp3) is 0.167. The molecule has 0 unspecified atom stereocenters. The molecule has 12 heavy (non-hydrogen) atoms. The maximum Gasteiger partial charge on any atom is 0.413 e. The van der Waals surface area contributed by atoms with Crippen LogP contribution in [0.4, 0.5) is 4.79 Å². The SMILES string of the molecule is COC(=O)NC(=O)/C=C\C(N)=O. The molecule has 6 nitrogen and oxygen atoms in total. The van der Waals surface area contributed by atoms with Crippen LogP contribution in [-0.2, 0) is 14.3 Å². The van der Waals surface area contributed by atoms with Gasteiger partial charge in [0.05, 0.1) is 7.11 Å². The van der Waals surface area contributed by atoms with Crippen molar-refractivity contribution in [3.8, 4) is 0 Å². The quantitative estimate of drug-likeness (QED) is 0.517. The van der Waals surface area contributed by atoms with Crippen molar-refractivity contribution in [2.45, 2.75) is 0 Å². The van der Waals surface area contributed by atoms with Crippen molar-refractivity contribution < 1.29 is 19.1 Å². The Bertz CT molecular complexity index is 234. The highest BCUT2D eigenvalue weighted by molar-refractivity contribution is 6.02. The lowest BCUT2D eigenvalue weighted by molar-refractivity contribution is -0.117. The second-order valence-corrected chi connectivity index (χ2v) is 1.72. The number of amides is 3. The van der Waals surface area contributed by atoms with Crippen LogP contribution in [0, 0.1) is 0 Å². The molecule has 0 aliphatic carbocycles. The minimum atomic E-state index is -0.894. The van der Waals surface area contributed by atoms with Gasteiger partial charge in [-0.1, -0.05) is 0 Å². The van der Waals surface area contributed by atoms with Gasteiger partial charge >= 0.3 is 6.09 Å². The monoisotopic (exact) mass is 172 g/mol. The first kappa shape index (κ1) is 10.2. The molecule has 0 aromatic carbocycles. The number of nitrogens with two attached hydrogens (primary N) is 1. The van der Waals surface area contributed by atoms with Gasteiger partial charge < -0.3 is 10.5 Å². The van der Waals surface area contributed by atoms with Gasteiger partial charge in [-0.25, -0.2) is 4.79 Å². The van der Waals surface area contributed by atoms with Crippen LogP contribution in [0.5, 0.6) is 0 Å². The zero-order valence-electron chi connectivity index (χ0n) is 6.37. The first-order chi connectivity index (χ1) is 5.56. The van der Waals surface area contributed by atoms with Crippen LogP contribution in [0.25, 0.3) is 0 Å². The summed E-state index contributed by atoms with van der Waals surface area (Å²) in [7, 11) is 1.11. The highest BCUT2D eigenvalue weighted by atomic mass is 16.5. The topological polar surface area (TPSA) is 98.5 Å². The van der Waals surface area contributed by atoms with E-state index in [0.717, 1.165) is 19.3 Å². The molecule has 0 spiro atoms. The van der Waals surface area contributed by atoms with Crippen molar-refractivity contribution in [3.63, 3.8) is 0 Å². The Labute approximate surface area is 68.4 Å². The molecule has 0 heterocycles. The summed E-state index contributed by atoms with van der Waals surface area (Å²) in [5, 5.41) is 1.79. The molecule has 0 saturated carbocycles. The van der Waals surface area contributed by atoms with Crippen molar-refractivity contribution in [1.29, 1.82) is 0 Å². The number of carbonyl (C=O) groups excluding carboxylic acids is 3. The van der Waals surface area contributed by atoms with E-state index in [1.54, 1.807) is 5.32 Å². The van der Waals surface area contributed by atoms with E-state index in [1.165, 1.54) is 0 Å². The van der Waals surface area contributed by atoms with Crippen molar-refractivity contribution in [2.24, 2.45) is 5.73 Å². The molecule has 0 atom stereocenters. The Morgan fingerprint density at radius 2 is 1.92 bits per heavy atom. The minimum Gasteiger partial charge on any atom is -0.453 e. The van der Waals surface area contributed by atoms with Crippen LogP contribution in [0.3, 0.4) is 0 Å². The number of alkyl carbamates (subject to hydrolysis) is 1. The van der Waals surface area contributed by atoms with Crippen molar-refractivity contribution >= 4 is 17.9 Å². The zero-order valence-corrected chi connectivity index (χ0v) is 6.37. The predicted molar refractivity (Wildman–Crippen MR) is 38.9 cm³/mol. The van der Waals surface area contributed by atoms with Gasteiger partial charge in [0.15, 0.2) is 0 Å². The highest BCUT2D eigenvalue weighted by Crippen LogP contribution is 1.75. The molecule has 6 heteroatoms. The molecule has 0 aliphatic heterocycles. The van der Waals surface area contributed by atoms with Crippen molar-refractivity contribution in [1.82, 2.24) is 5.32 Å². The van der Waals surface area contributed by atoms with Crippen molar-refractivity contribution in [2.75, 3.05) is 7.11 Å². The lowest BCUT2D eigenvalue weighted by Crippen LogP contribution is -2.28. The number of imide groups is 1.